The summed E-state index contributed by atoms with van der Waals surface area (Å²) in [5, 5.41) is 3.21. The van der Waals surface area contributed by atoms with Gasteiger partial charge in [-0.3, -0.25) is 4.79 Å². The molecule has 0 saturated heterocycles. The molecule has 4 nitrogen and oxygen atoms in total. The minimum Gasteiger partial charge on any atom is -0.374 e. The van der Waals surface area contributed by atoms with Gasteiger partial charge in [0, 0.05) is 29.8 Å². The van der Waals surface area contributed by atoms with Crippen LogP contribution in [0.5, 0.6) is 0 Å². The lowest BCUT2D eigenvalue weighted by molar-refractivity contribution is -0.00815. The SMILES string of the molecule is CCOC(C)(C)CNC(=O)c1cc(Cl)nc(C(C)(C)C)c1. The number of aromatic nitrogens is 1. The highest BCUT2D eigenvalue weighted by Gasteiger charge is 2.21. The van der Waals surface area contributed by atoms with E-state index in [1.54, 1.807) is 12.1 Å². The van der Waals surface area contributed by atoms with E-state index in [1.807, 2.05) is 41.5 Å². The molecule has 5 heteroatoms. The van der Waals surface area contributed by atoms with E-state index in [2.05, 4.69) is 10.3 Å². The number of carbonyl (C=O) groups is 1. The first kappa shape index (κ1) is 17.9. The average Bonchev–Trinajstić information content (AvgIpc) is 2.34. The van der Waals surface area contributed by atoms with Crippen LogP contribution in [0.25, 0.3) is 0 Å². The van der Waals surface area contributed by atoms with Crippen LogP contribution in [-0.4, -0.2) is 29.6 Å². The topological polar surface area (TPSA) is 51.2 Å². The molecule has 0 radical (unpaired) electrons. The lowest BCUT2D eigenvalue weighted by atomic mass is 9.91. The molecule has 1 aromatic rings. The summed E-state index contributed by atoms with van der Waals surface area (Å²) in [6.07, 6.45) is 0. The van der Waals surface area contributed by atoms with Gasteiger partial charge in [-0.2, -0.15) is 0 Å². The van der Waals surface area contributed by atoms with Crippen molar-refractivity contribution in [3.8, 4) is 0 Å². The van der Waals surface area contributed by atoms with Crippen LogP contribution in [0.2, 0.25) is 5.15 Å². The zero-order valence-electron chi connectivity index (χ0n) is 13.7. The average molecular weight is 313 g/mol. The Labute approximate surface area is 132 Å². The molecule has 0 aromatic carbocycles. The first-order valence-corrected chi connectivity index (χ1v) is 7.53. The fourth-order valence-corrected chi connectivity index (χ4v) is 2.06. The van der Waals surface area contributed by atoms with Crippen LogP contribution in [0, 0.1) is 0 Å². The fourth-order valence-electron chi connectivity index (χ4n) is 1.85. The Kier molecular flexibility index (Phi) is 5.76. The molecule has 1 aromatic heterocycles. The standard InChI is InChI=1S/C16H25ClN2O2/c1-7-21-16(5,6)10-18-14(20)11-8-12(15(2,3)4)19-13(17)9-11/h8-9H,7,10H2,1-6H3,(H,18,20). The van der Waals surface area contributed by atoms with Crippen LogP contribution in [0.3, 0.4) is 0 Å². The number of ether oxygens (including phenoxy) is 1. The molecule has 0 spiro atoms. The van der Waals surface area contributed by atoms with Gasteiger partial charge >= 0.3 is 0 Å². The van der Waals surface area contributed by atoms with Crippen molar-refractivity contribution in [1.29, 1.82) is 0 Å². The van der Waals surface area contributed by atoms with Crippen molar-refractivity contribution in [1.82, 2.24) is 10.3 Å². The number of nitrogens with one attached hydrogen (secondary N) is 1. The number of pyridine rings is 1. The Morgan fingerprint density at radius 2 is 1.90 bits per heavy atom. The van der Waals surface area contributed by atoms with Gasteiger partial charge in [0.1, 0.15) is 5.15 Å². The summed E-state index contributed by atoms with van der Waals surface area (Å²) >= 11 is 6.02. The van der Waals surface area contributed by atoms with Crippen LogP contribution in [0.4, 0.5) is 0 Å². The monoisotopic (exact) mass is 312 g/mol. The zero-order valence-corrected chi connectivity index (χ0v) is 14.5. The molecule has 0 aliphatic rings. The van der Waals surface area contributed by atoms with E-state index in [-0.39, 0.29) is 11.3 Å². The summed E-state index contributed by atoms with van der Waals surface area (Å²) in [7, 11) is 0. The lowest BCUT2D eigenvalue weighted by Crippen LogP contribution is -2.40. The Morgan fingerprint density at radius 1 is 1.29 bits per heavy atom. The summed E-state index contributed by atoms with van der Waals surface area (Å²) in [5.74, 6) is -0.169. The molecule has 1 heterocycles. The van der Waals surface area contributed by atoms with Crippen molar-refractivity contribution in [3.05, 3.63) is 28.5 Å². The van der Waals surface area contributed by atoms with Gasteiger partial charge in [0.25, 0.3) is 5.91 Å². The predicted octanol–water partition coefficient (Wildman–Crippen LogP) is 3.58. The van der Waals surface area contributed by atoms with E-state index in [0.29, 0.717) is 23.9 Å². The number of halogens is 1. The Bertz CT molecular complexity index is 507. The summed E-state index contributed by atoms with van der Waals surface area (Å²) in [6.45, 7) is 13.0. The second kappa shape index (κ2) is 6.75. The third kappa shape index (κ3) is 5.64. The van der Waals surface area contributed by atoms with E-state index in [0.717, 1.165) is 5.69 Å². The van der Waals surface area contributed by atoms with Gasteiger partial charge in [-0.15, -0.1) is 0 Å². The van der Waals surface area contributed by atoms with Crippen molar-refractivity contribution in [3.63, 3.8) is 0 Å². The number of nitrogens with zero attached hydrogens (tertiary/aromatic N) is 1. The molecule has 21 heavy (non-hydrogen) atoms. The quantitative estimate of drug-likeness (QED) is 0.846. The molecular formula is C16H25ClN2O2. The first-order valence-electron chi connectivity index (χ1n) is 7.15. The second-order valence-electron chi connectivity index (χ2n) is 6.69. The molecule has 0 atom stereocenters. The number of hydrogen-bond donors (Lipinski definition) is 1. The van der Waals surface area contributed by atoms with E-state index in [1.165, 1.54) is 0 Å². The van der Waals surface area contributed by atoms with Gasteiger partial charge in [0.05, 0.1) is 5.60 Å². The third-order valence-corrected chi connectivity index (χ3v) is 3.23. The Balaban J connectivity index is 2.86. The van der Waals surface area contributed by atoms with Gasteiger partial charge in [-0.05, 0) is 32.9 Å². The normalized spacial score (nSPS) is 12.3. The Morgan fingerprint density at radius 3 is 2.43 bits per heavy atom. The van der Waals surface area contributed by atoms with Crippen LogP contribution in [-0.2, 0) is 10.2 Å². The van der Waals surface area contributed by atoms with Gasteiger partial charge in [0.2, 0.25) is 0 Å². The first-order chi connectivity index (χ1) is 9.55. The maximum absolute atomic E-state index is 12.3. The molecule has 1 N–H and O–H groups in total. The molecule has 0 saturated carbocycles. The zero-order chi connectivity index (χ0) is 16.3. The highest BCUT2D eigenvalue weighted by molar-refractivity contribution is 6.29. The molecule has 0 fully saturated rings. The van der Waals surface area contributed by atoms with Crippen molar-refractivity contribution in [2.45, 2.75) is 52.6 Å². The predicted molar refractivity (Wildman–Crippen MR) is 86.0 cm³/mol. The highest BCUT2D eigenvalue weighted by atomic mass is 35.5. The summed E-state index contributed by atoms with van der Waals surface area (Å²) in [4.78, 5) is 16.6. The summed E-state index contributed by atoms with van der Waals surface area (Å²) in [6, 6.07) is 3.37. The molecular weight excluding hydrogens is 288 g/mol. The number of hydrogen-bond acceptors (Lipinski definition) is 3. The number of carbonyl (C=O) groups excluding carboxylic acids is 1. The van der Waals surface area contributed by atoms with Crippen molar-refractivity contribution in [2.24, 2.45) is 0 Å². The van der Waals surface area contributed by atoms with Gasteiger partial charge in [-0.1, -0.05) is 32.4 Å². The van der Waals surface area contributed by atoms with Gasteiger partial charge < -0.3 is 10.1 Å². The largest absolute Gasteiger partial charge is 0.374 e. The molecule has 0 bridgehead atoms. The fraction of sp³-hybridized carbons (Fsp3) is 0.625. The van der Waals surface area contributed by atoms with E-state index >= 15 is 0 Å². The molecule has 1 rings (SSSR count). The van der Waals surface area contributed by atoms with Crippen molar-refractivity contribution < 1.29 is 9.53 Å². The second-order valence-corrected chi connectivity index (χ2v) is 7.08. The summed E-state index contributed by atoms with van der Waals surface area (Å²) < 4.78 is 5.56. The van der Waals surface area contributed by atoms with Crippen LogP contribution < -0.4 is 5.32 Å². The van der Waals surface area contributed by atoms with Crippen LogP contribution in [0.1, 0.15) is 57.6 Å². The smallest absolute Gasteiger partial charge is 0.251 e. The van der Waals surface area contributed by atoms with Gasteiger partial charge in [-0.25, -0.2) is 4.98 Å². The highest BCUT2D eigenvalue weighted by Crippen LogP contribution is 2.23. The van der Waals surface area contributed by atoms with Crippen molar-refractivity contribution >= 4 is 17.5 Å². The van der Waals surface area contributed by atoms with Crippen LogP contribution >= 0.6 is 11.6 Å². The Hall–Kier alpha value is -1.13. The molecule has 118 valence electrons. The van der Waals surface area contributed by atoms with Crippen LogP contribution in [0.15, 0.2) is 12.1 Å². The maximum Gasteiger partial charge on any atom is 0.251 e. The third-order valence-electron chi connectivity index (χ3n) is 3.03. The number of amides is 1. The molecule has 0 aliphatic carbocycles. The molecule has 0 unspecified atom stereocenters. The number of rotatable bonds is 5. The summed E-state index contributed by atoms with van der Waals surface area (Å²) in [5.41, 5.74) is 0.759. The van der Waals surface area contributed by atoms with Gasteiger partial charge in [0.15, 0.2) is 0 Å². The minimum absolute atomic E-state index is 0.162. The van der Waals surface area contributed by atoms with E-state index in [4.69, 9.17) is 16.3 Å². The molecule has 0 aliphatic heterocycles. The van der Waals surface area contributed by atoms with E-state index in [9.17, 15) is 4.79 Å². The minimum atomic E-state index is -0.395. The van der Waals surface area contributed by atoms with Crippen molar-refractivity contribution in [2.75, 3.05) is 13.2 Å². The van der Waals surface area contributed by atoms with E-state index < -0.39 is 5.60 Å². The lowest BCUT2D eigenvalue weighted by Gasteiger charge is -2.25. The molecule has 1 amide bonds. The maximum atomic E-state index is 12.3.